The molecular weight excluding hydrogens is 661 g/mol. The Balaban J connectivity index is 1.15. The predicted molar refractivity (Wildman–Crippen MR) is 216 cm³/mol. The lowest BCUT2D eigenvalue weighted by molar-refractivity contribution is 1.08. The van der Waals surface area contributed by atoms with Crippen LogP contribution in [0.1, 0.15) is 6.85 Å². The van der Waals surface area contributed by atoms with Crippen LogP contribution >= 0.6 is 22.7 Å². The van der Waals surface area contributed by atoms with Crippen molar-refractivity contribution in [2.45, 2.75) is 0 Å². The second-order valence-corrected chi connectivity index (χ2v) is 14.6. The Kier molecular flexibility index (Phi) is 5.25. The summed E-state index contributed by atoms with van der Waals surface area (Å²) in [5.41, 5.74) is 4.77. The highest BCUT2D eigenvalue weighted by molar-refractivity contribution is 7.26. The van der Waals surface area contributed by atoms with Gasteiger partial charge >= 0.3 is 0 Å². The molecule has 0 amide bonds. The molecule has 0 bridgehead atoms. The van der Waals surface area contributed by atoms with E-state index >= 15 is 0 Å². The Morgan fingerprint density at radius 2 is 1.06 bits per heavy atom. The van der Waals surface area contributed by atoms with E-state index < -0.39 is 18.1 Å². The molecule has 11 aromatic rings. The van der Waals surface area contributed by atoms with Gasteiger partial charge in [0, 0.05) is 73.5 Å². The van der Waals surface area contributed by atoms with Gasteiger partial charge in [0.05, 0.1) is 17.9 Å². The molecule has 238 valence electrons. The van der Waals surface area contributed by atoms with Gasteiger partial charge in [-0.1, -0.05) is 96.9 Å². The van der Waals surface area contributed by atoms with Crippen LogP contribution in [-0.2, 0) is 0 Å². The van der Waals surface area contributed by atoms with Crippen LogP contribution in [0.25, 0.3) is 102 Å². The van der Waals surface area contributed by atoms with Gasteiger partial charge in [-0.3, -0.25) is 0 Å². The second-order valence-electron chi connectivity index (χ2n) is 12.4. The predicted octanol–water partition coefficient (Wildman–Crippen LogP) is 12.7. The highest BCUT2D eigenvalue weighted by Gasteiger charge is 2.18. The first-order valence-electron chi connectivity index (χ1n) is 19.0. The van der Waals surface area contributed by atoms with Gasteiger partial charge in [0.25, 0.3) is 0 Å². The van der Waals surface area contributed by atoms with Crippen molar-refractivity contribution in [3.05, 3.63) is 158 Å². The maximum absolute atomic E-state index is 8.81. The topological polar surface area (TPSA) is 43.6 Å². The van der Waals surface area contributed by atoms with Gasteiger partial charge in [-0.25, -0.2) is 15.0 Å². The SMILES string of the molecule is [2H]c1c([2H])c([2H])c(-c2nc(-c3ccc4sc5ccc(-n6c7ccccc7c7ccccc76)cc5c4c3)nc(-c3cccc4c3sc3ccccc34)n2)c([2H])c1[2H]. The summed E-state index contributed by atoms with van der Waals surface area (Å²) >= 11 is 3.37. The molecular formula is C45H26N4S2. The molecule has 0 fully saturated rings. The number of hydrogen-bond donors (Lipinski definition) is 0. The molecule has 6 heteroatoms. The molecule has 0 aliphatic carbocycles. The van der Waals surface area contributed by atoms with Crippen LogP contribution < -0.4 is 0 Å². The molecule has 7 aromatic carbocycles. The van der Waals surface area contributed by atoms with E-state index in [1.807, 2.05) is 30.3 Å². The minimum Gasteiger partial charge on any atom is -0.309 e. The van der Waals surface area contributed by atoms with Crippen molar-refractivity contribution in [1.82, 2.24) is 19.5 Å². The van der Waals surface area contributed by atoms with Gasteiger partial charge in [0.15, 0.2) is 17.5 Å². The van der Waals surface area contributed by atoms with Crippen molar-refractivity contribution < 1.29 is 6.85 Å². The van der Waals surface area contributed by atoms with Gasteiger partial charge in [-0.2, -0.15) is 0 Å². The van der Waals surface area contributed by atoms with E-state index in [9.17, 15) is 0 Å². The zero-order chi connectivity index (χ0) is 37.8. The van der Waals surface area contributed by atoms with E-state index in [-0.39, 0.29) is 23.5 Å². The van der Waals surface area contributed by atoms with Gasteiger partial charge in [-0.05, 0) is 60.7 Å². The van der Waals surface area contributed by atoms with E-state index in [4.69, 9.17) is 21.8 Å². The molecule has 4 heterocycles. The van der Waals surface area contributed by atoms with Crippen molar-refractivity contribution in [3.63, 3.8) is 0 Å². The van der Waals surface area contributed by atoms with Crippen molar-refractivity contribution in [3.8, 4) is 39.9 Å². The monoisotopic (exact) mass is 691 g/mol. The van der Waals surface area contributed by atoms with Crippen LogP contribution in [0, 0.1) is 0 Å². The summed E-state index contributed by atoms with van der Waals surface area (Å²) in [5.74, 6) is 0.719. The Bertz CT molecular complexity index is 3380. The number of nitrogens with zero attached hydrogens (tertiary/aromatic N) is 4. The van der Waals surface area contributed by atoms with Gasteiger partial charge < -0.3 is 4.57 Å². The lowest BCUT2D eigenvalue weighted by atomic mass is 10.1. The van der Waals surface area contributed by atoms with Gasteiger partial charge in [-0.15, -0.1) is 22.7 Å². The maximum atomic E-state index is 8.81. The number of rotatable bonds is 4. The molecule has 4 aromatic heterocycles. The smallest absolute Gasteiger partial charge is 0.165 e. The summed E-state index contributed by atoms with van der Waals surface area (Å²) < 4.78 is 49.4. The summed E-state index contributed by atoms with van der Waals surface area (Å²) in [6.07, 6.45) is 0. The largest absolute Gasteiger partial charge is 0.309 e. The molecule has 0 saturated heterocycles. The standard InChI is InChI=1S/C45H26N4S2/c1-2-11-27(12-3-1)43-46-44(48-45(47-43)34-17-10-16-33-32-15-6-9-20-39(32)51-42(33)34)28-21-23-40-35(25-28)36-26-29(22-24-41(36)50-40)49-37-18-7-4-13-30(37)31-14-5-8-19-38(31)49/h1-26H/i1D,2D,3D,11D,12D. The van der Waals surface area contributed by atoms with Crippen LogP contribution in [0.4, 0.5) is 0 Å². The molecule has 0 spiro atoms. The molecule has 0 radical (unpaired) electrons. The molecule has 0 aliphatic rings. The highest BCUT2D eigenvalue weighted by atomic mass is 32.1. The van der Waals surface area contributed by atoms with Crippen LogP contribution in [0.2, 0.25) is 0 Å². The fourth-order valence-corrected chi connectivity index (χ4v) is 9.55. The fraction of sp³-hybridized carbons (Fsp3) is 0. The number of aromatic nitrogens is 4. The van der Waals surface area contributed by atoms with Crippen LogP contribution in [0.5, 0.6) is 0 Å². The molecule has 11 rings (SSSR count). The van der Waals surface area contributed by atoms with Gasteiger partial charge in [0.2, 0.25) is 0 Å². The molecule has 0 saturated carbocycles. The third-order valence-corrected chi connectivity index (χ3v) is 11.9. The molecule has 4 nitrogen and oxygen atoms in total. The first kappa shape index (κ1) is 24.0. The Labute approximate surface area is 307 Å². The Morgan fingerprint density at radius 1 is 0.451 bits per heavy atom. The molecule has 0 N–H and O–H groups in total. The number of thiophene rings is 2. The number of para-hydroxylation sites is 2. The van der Waals surface area contributed by atoms with E-state index in [2.05, 4.69) is 102 Å². The van der Waals surface area contributed by atoms with Crippen molar-refractivity contribution in [2.24, 2.45) is 0 Å². The molecule has 51 heavy (non-hydrogen) atoms. The van der Waals surface area contributed by atoms with E-state index in [1.54, 1.807) is 22.7 Å². The third-order valence-electron chi connectivity index (χ3n) is 9.55. The summed E-state index contributed by atoms with van der Waals surface area (Å²) in [5, 5.41) is 6.74. The minimum absolute atomic E-state index is 0.0176. The summed E-state index contributed by atoms with van der Waals surface area (Å²) in [6, 6.07) is 41.9. The summed E-state index contributed by atoms with van der Waals surface area (Å²) in [4.78, 5) is 14.8. The normalized spacial score (nSPS) is 13.3. The van der Waals surface area contributed by atoms with E-state index in [0.717, 1.165) is 68.2 Å². The van der Waals surface area contributed by atoms with Crippen LogP contribution in [0.15, 0.2) is 158 Å². The average molecular weight is 692 g/mol. The van der Waals surface area contributed by atoms with Crippen molar-refractivity contribution in [1.29, 1.82) is 0 Å². The first-order chi connectivity index (χ1) is 27.3. The van der Waals surface area contributed by atoms with E-state index in [1.165, 1.54) is 10.8 Å². The first-order valence-corrected chi connectivity index (χ1v) is 18.2. The number of fused-ring (bicyclic) bond motifs is 9. The number of hydrogen-bond acceptors (Lipinski definition) is 5. The minimum atomic E-state index is -0.469. The van der Waals surface area contributed by atoms with E-state index in [0.29, 0.717) is 11.6 Å². The number of benzene rings is 7. The third kappa shape index (κ3) is 4.47. The Hall–Kier alpha value is -6.21. The zero-order valence-electron chi connectivity index (χ0n) is 31.7. The van der Waals surface area contributed by atoms with Crippen molar-refractivity contribution >= 4 is 84.8 Å². The molecule has 0 aliphatic heterocycles. The Morgan fingerprint density at radius 3 is 1.84 bits per heavy atom. The lowest BCUT2D eigenvalue weighted by Crippen LogP contribution is -2.00. The maximum Gasteiger partial charge on any atom is 0.165 e. The second kappa shape index (κ2) is 11.2. The average Bonchev–Trinajstić information content (AvgIpc) is 3.91. The quantitative estimate of drug-likeness (QED) is 0.184. The van der Waals surface area contributed by atoms with Crippen LogP contribution in [0.3, 0.4) is 0 Å². The van der Waals surface area contributed by atoms with Gasteiger partial charge in [0.1, 0.15) is 0 Å². The molecule has 0 atom stereocenters. The summed E-state index contributed by atoms with van der Waals surface area (Å²) in [7, 11) is 0. The summed E-state index contributed by atoms with van der Waals surface area (Å²) in [6.45, 7) is 0. The lowest BCUT2D eigenvalue weighted by Gasteiger charge is -2.10. The fourth-order valence-electron chi connectivity index (χ4n) is 7.27. The highest BCUT2D eigenvalue weighted by Crippen LogP contribution is 2.41. The van der Waals surface area contributed by atoms with Crippen LogP contribution in [-0.4, -0.2) is 19.5 Å². The zero-order valence-corrected chi connectivity index (χ0v) is 28.4. The van der Waals surface area contributed by atoms with Crippen molar-refractivity contribution in [2.75, 3.05) is 0 Å². The molecule has 0 unspecified atom stereocenters.